The molecule has 1 fully saturated rings. The summed E-state index contributed by atoms with van der Waals surface area (Å²) in [6, 6.07) is 5.85. The highest BCUT2D eigenvalue weighted by molar-refractivity contribution is 5.60. The lowest BCUT2D eigenvalue weighted by atomic mass is 10.2. The van der Waals surface area contributed by atoms with Crippen LogP contribution < -0.4 is 9.80 Å². The fourth-order valence-electron chi connectivity index (χ4n) is 3.69. The number of hydrogen-bond acceptors (Lipinski definition) is 8. The maximum absolute atomic E-state index is 4.77. The van der Waals surface area contributed by atoms with E-state index in [1.807, 2.05) is 35.8 Å². The lowest BCUT2D eigenvalue weighted by Gasteiger charge is -2.36. The average Bonchev–Trinajstić information content (AvgIpc) is 3.23. The Labute approximate surface area is 168 Å². The molecular weight excluding hydrogens is 366 g/mol. The quantitative estimate of drug-likeness (QED) is 0.527. The number of aromatic nitrogens is 7. The van der Waals surface area contributed by atoms with Crippen LogP contribution in [0.25, 0.3) is 17.0 Å². The molecule has 146 valence electrons. The highest BCUT2D eigenvalue weighted by Gasteiger charge is 2.24. The molecule has 1 saturated heterocycles. The Hall–Kier alpha value is -3.62. The Bertz CT molecular complexity index is 1150. The zero-order valence-corrected chi connectivity index (χ0v) is 16.4. The molecule has 0 amide bonds. The van der Waals surface area contributed by atoms with Gasteiger partial charge < -0.3 is 9.80 Å². The Morgan fingerprint density at radius 3 is 2.38 bits per heavy atom. The summed E-state index contributed by atoms with van der Waals surface area (Å²) in [5.74, 6) is 2.46. The molecule has 0 aliphatic carbocycles. The Morgan fingerprint density at radius 2 is 1.59 bits per heavy atom. The predicted octanol–water partition coefficient (Wildman–Crippen LogP) is 1.92. The minimum Gasteiger partial charge on any atom is -0.353 e. The van der Waals surface area contributed by atoms with E-state index in [1.165, 1.54) is 0 Å². The number of rotatable bonds is 3. The number of nitrogens with zero attached hydrogens (tertiary/aromatic N) is 9. The minimum atomic E-state index is 0.638. The topological polar surface area (TPSA) is 88.2 Å². The lowest BCUT2D eigenvalue weighted by Crippen LogP contribution is -2.48. The van der Waals surface area contributed by atoms with Crippen molar-refractivity contribution < 1.29 is 0 Å². The van der Waals surface area contributed by atoms with E-state index >= 15 is 0 Å². The monoisotopic (exact) mass is 387 g/mol. The molecule has 0 aromatic carbocycles. The standard InChI is InChI=1S/C20H21N9/c1-14-15(2)25-20-23-13-24-29(20)18(14)27-9-11-28(12-10-27)19-22-8-5-17(26-19)16-3-6-21-7-4-16/h3-8,13H,9-12H2,1-2H3. The fourth-order valence-corrected chi connectivity index (χ4v) is 3.69. The van der Waals surface area contributed by atoms with Crippen molar-refractivity contribution in [3.8, 4) is 11.3 Å². The van der Waals surface area contributed by atoms with Crippen molar-refractivity contribution in [3.05, 3.63) is 54.4 Å². The van der Waals surface area contributed by atoms with Crippen molar-refractivity contribution >= 4 is 17.5 Å². The van der Waals surface area contributed by atoms with Gasteiger partial charge in [0.15, 0.2) is 0 Å². The molecule has 0 unspecified atom stereocenters. The molecule has 0 radical (unpaired) electrons. The lowest BCUT2D eigenvalue weighted by molar-refractivity contribution is 0.625. The number of anilines is 2. The van der Waals surface area contributed by atoms with Crippen molar-refractivity contribution in [2.45, 2.75) is 13.8 Å². The zero-order valence-electron chi connectivity index (χ0n) is 16.4. The maximum atomic E-state index is 4.77. The average molecular weight is 387 g/mol. The van der Waals surface area contributed by atoms with E-state index in [9.17, 15) is 0 Å². The van der Waals surface area contributed by atoms with Crippen LogP contribution in [0.4, 0.5) is 11.8 Å². The molecule has 9 nitrogen and oxygen atoms in total. The number of hydrogen-bond donors (Lipinski definition) is 0. The minimum absolute atomic E-state index is 0.638. The summed E-state index contributed by atoms with van der Waals surface area (Å²) in [5.41, 5.74) is 4.06. The molecule has 5 heterocycles. The van der Waals surface area contributed by atoms with Crippen LogP contribution in [0.5, 0.6) is 0 Å². The van der Waals surface area contributed by atoms with Crippen LogP contribution in [0.3, 0.4) is 0 Å². The van der Waals surface area contributed by atoms with Crippen molar-refractivity contribution in [1.29, 1.82) is 0 Å². The van der Waals surface area contributed by atoms with Crippen LogP contribution in [0, 0.1) is 13.8 Å². The van der Waals surface area contributed by atoms with E-state index in [0.29, 0.717) is 5.78 Å². The smallest absolute Gasteiger partial charge is 0.254 e. The largest absolute Gasteiger partial charge is 0.353 e. The molecule has 0 N–H and O–H groups in total. The second kappa shape index (κ2) is 7.08. The first-order valence-electron chi connectivity index (χ1n) is 9.61. The summed E-state index contributed by atoms with van der Waals surface area (Å²) < 4.78 is 1.83. The van der Waals surface area contributed by atoms with E-state index in [4.69, 9.17) is 4.98 Å². The van der Waals surface area contributed by atoms with Gasteiger partial charge in [-0.3, -0.25) is 4.98 Å². The third kappa shape index (κ3) is 3.14. The van der Waals surface area contributed by atoms with Gasteiger partial charge in [0.05, 0.1) is 5.69 Å². The van der Waals surface area contributed by atoms with Crippen LogP contribution in [-0.4, -0.2) is 60.7 Å². The summed E-state index contributed by atoms with van der Waals surface area (Å²) in [4.78, 5) is 26.7. The summed E-state index contributed by atoms with van der Waals surface area (Å²) in [6.45, 7) is 7.46. The Morgan fingerprint density at radius 1 is 0.828 bits per heavy atom. The first-order chi connectivity index (χ1) is 14.2. The third-order valence-electron chi connectivity index (χ3n) is 5.36. The molecule has 9 heteroatoms. The van der Waals surface area contributed by atoms with Crippen molar-refractivity contribution in [2.75, 3.05) is 36.0 Å². The van der Waals surface area contributed by atoms with E-state index in [2.05, 4.69) is 41.8 Å². The normalized spacial score (nSPS) is 14.6. The molecule has 5 rings (SSSR count). The van der Waals surface area contributed by atoms with Gasteiger partial charge in [-0.2, -0.15) is 14.6 Å². The molecular formula is C20H21N9. The van der Waals surface area contributed by atoms with Crippen molar-refractivity contribution in [3.63, 3.8) is 0 Å². The van der Waals surface area contributed by atoms with Crippen LogP contribution in [0.15, 0.2) is 43.1 Å². The Balaban J connectivity index is 1.38. The second-order valence-electron chi connectivity index (χ2n) is 7.07. The van der Waals surface area contributed by atoms with Gasteiger partial charge in [0.1, 0.15) is 12.1 Å². The van der Waals surface area contributed by atoms with Crippen LogP contribution >= 0.6 is 0 Å². The van der Waals surface area contributed by atoms with Gasteiger partial charge >= 0.3 is 0 Å². The van der Waals surface area contributed by atoms with Crippen LogP contribution in [0.1, 0.15) is 11.3 Å². The van der Waals surface area contributed by atoms with Gasteiger partial charge in [0.2, 0.25) is 5.95 Å². The summed E-state index contributed by atoms with van der Waals surface area (Å²) in [6.07, 6.45) is 6.93. The Kier molecular flexibility index (Phi) is 4.27. The van der Waals surface area contributed by atoms with E-state index in [1.54, 1.807) is 18.7 Å². The molecule has 1 aliphatic heterocycles. The third-order valence-corrected chi connectivity index (χ3v) is 5.36. The molecule has 0 atom stereocenters. The number of fused-ring (bicyclic) bond motifs is 1. The molecule has 0 saturated carbocycles. The van der Waals surface area contributed by atoms with Gasteiger partial charge in [-0.05, 0) is 32.0 Å². The van der Waals surface area contributed by atoms with Gasteiger partial charge in [-0.15, -0.1) is 0 Å². The van der Waals surface area contributed by atoms with E-state index < -0.39 is 0 Å². The maximum Gasteiger partial charge on any atom is 0.254 e. The molecule has 0 bridgehead atoms. The van der Waals surface area contributed by atoms with Crippen LogP contribution in [-0.2, 0) is 0 Å². The molecule has 4 aromatic rings. The van der Waals surface area contributed by atoms with Gasteiger partial charge in [0, 0.05) is 61.6 Å². The summed E-state index contributed by atoms with van der Waals surface area (Å²) in [7, 11) is 0. The van der Waals surface area contributed by atoms with Crippen molar-refractivity contribution in [2.24, 2.45) is 0 Å². The first kappa shape index (κ1) is 17.5. The number of aryl methyl sites for hydroxylation is 1. The number of pyridine rings is 1. The summed E-state index contributed by atoms with van der Waals surface area (Å²) >= 11 is 0. The highest BCUT2D eigenvalue weighted by Crippen LogP contribution is 2.25. The van der Waals surface area contributed by atoms with E-state index in [-0.39, 0.29) is 0 Å². The highest BCUT2D eigenvalue weighted by atomic mass is 15.4. The summed E-state index contributed by atoms with van der Waals surface area (Å²) in [5, 5.41) is 4.38. The molecule has 1 aliphatic rings. The van der Waals surface area contributed by atoms with Gasteiger partial charge in [0.25, 0.3) is 5.78 Å². The predicted molar refractivity (Wildman–Crippen MR) is 110 cm³/mol. The fraction of sp³-hybridized carbons (Fsp3) is 0.300. The van der Waals surface area contributed by atoms with E-state index in [0.717, 1.165) is 60.5 Å². The number of piperazine rings is 1. The zero-order chi connectivity index (χ0) is 19.8. The SMILES string of the molecule is Cc1nc2ncnn2c(N2CCN(c3nccc(-c4ccncc4)n3)CC2)c1C. The molecule has 4 aromatic heterocycles. The van der Waals surface area contributed by atoms with Crippen LogP contribution in [0.2, 0.25) is 0 Å². The van der Waals surface area contributed by atoms with Crippen molar-refractivity contribution in [1.82, 2.24) is 34.5 Å². The molecule has 29 heavy (non-hydrogen) atoms. The molecule has 0 spiro atoms. The van der Waals surface area contributed by atoms with Gasteiger partial charge in [-0.1, -0.05) is 0 Å². The van der Waals surface area contributed by atoms with Gasteiger partial charge in [-0.25, -0.2) is 15.0 Å². The first-order valence-corrected chi connectivity index (χ1v) is 9.61. The second-order valence-corrected chi connectivity index (χ2v) is 7.07.